The maximum atomic E-state index is 14.4. The van der Waals surface area contributed by atoms with Crippen molar-refractivity contribution in [3.05, 3.63) is 101 Å². The second kappa shape index (κ2) is 14.7. The molecule has 0 aromatic heterocycles. The van der Waals surface area contributed by atoms with E-state index in [2.05, 4.69) is 5.32 Å². The molecule has 1 saturated carbocycles. The highest BCUT2D eigenvalue weighted by Crippen LogP contribution is 2.29. The number of benzene rings is 3. The Morgan fingerprint density at radius 2 is 1.53 bits per heavy atom. The summed E-state index contributed by atoms with van der Waals surface area (Å²) in [5, 5.41) is 3.25. The molecule has 1 aliphatic rings. The first-order valence-corrected chi connectivity index (χ1v) is 17.1. The predicted octanol–water partition coefficient (Wildman–Crippen LogP) is 5.97. The molecular weight excluding hydrogens is 558 g/mol. The minimum Gasteiger partial charge on any atom is -0.352 e. The van der Waals surface area contributed by atoms with Crippen LogP contribution in [0.3, 0.4) is 0 Å². The zero-order valence-electron chi connectivity index (χ0n) is 25.8. The monoisotopic (exact) mass is 603 g/mol. The number of carbonyl (C=O) groups excluding carboxylic acids is 2. The minimum atomic E-state index is -3.82. The molecule has 0 saturated heterocycles. The molecule has 3 aromatic rings. The molecule has 0 bridgehead atoms. The molecule has 4 rings (SSSR count). The van der Waals surface area contributed by atoms with Crippen molar-refractivity contribution in [1.82, 2.24) is 10.2 Å². The van der Waals surface area contributed by atoms with Crippen LogP contribution in [0.15, 0.2) is 78.9 Å². The third-order valence-corrected chi connectivity index (χ3v) is 9.29. The SMILES string of the molecule is Cc1cccc(CN(C(=O)CN(c2ccccc2C(C)C)S(C)(=O)=O)[C@@H](Cc2ccccc2)C(=O)NC2CCCCC2)c1. The Hall–Kier alpha value is -3.65. The van der Waals surface area contributed by atoms with Crippen LogP contribution in [-0.2, 0) is 32.6 Å². The maximum absolute atomic E-state index is 14.4. The summed E-state index contributed by atoms with van der Waals surface area (Å²) in [4.78, 5) is 30.1. The van der Waals surface area contributed by atoms with E-state index in [0.717, 1.165) is 60.6 Å². The van der Waals surface area contributed by atoms with Crippen molar-refractivity contribution in [3.63, 3.8) is 0 Å². The highest BCUT2D eigenvalue weighted by atomic mass is 32.2. The fourth-order valence-corrected chi connectivity index (χ4v) is 6.77. The highest BCUT2D eigenvalue weighted by Gasteiger charge is 2.34. The van der Waals surface area contributed by atoms with Gasteiger partial charge in [0.05, 0.1) is 11.9 Å². The summed E-state index contributed by atoms with van der Waals surface area (Å²) in [7, 11) is -3.82. The molecule has 2 amide bonds. The summed E-state index contributed by atoms with van der Waals surface area (Å²) in [5.41, 5.74) is 4.17. The summed E-state index contributed by atoms with van der Waals surface area (Å²) in [5.74, 6) is -0.582. The van der Waals surface area contributed by atoms with Gasteiger partial charge in [-0.3, -0.25) is 13.9 Å². The van der Waals surface area contributed by atoms with Crippen LogP contribution in [0.1, 0.15) is 74.1 Å². The van der Waals surface area contributed by atoms with E-state index in [-0.39, 0.29) is 24.4 Å². The van der Waals surface area contributed by atoms with Gasteiger partial charge in [-0.2, -0.15) is 0 Å². The van der Waals surface area contributed by atoms with Crippen molar-refractivity contribution in [1.29, 1.82) is 0 Å². The average molecular weight is 604 g/mol. The molecule has 43 heavy (non-hydrogen) atoms. The molecule has 230 valence electrons. The van der Waals surface area contributed by atoms with Crippen LogP contribution in [0.25, 0.3) is 0 Å². The van der Waals surface area contributed by atoms with Crippen LogP contribution in [0.2, 0.25) is 0 Å². The van der Waals surface area contributed by atoms with Gasteiger partial charge >= 0.3 is 0 Å². The summed E-state index contributed by atoms with van der Waals surface area (Å²) in [6.45, 7) is 5.75. The normalized spacial score (nSPS) is 14.7. The second-order valence-electron chi connectivity index (χ2n) is 12.0. The Morgan fingerprint density at radius 1 is 0.884 bits per heavy atom. The molecular formula is C35H45N3O4S. The molecule has 0 heterocycles. The standard InChI is InChI=1S/C35H45N3O4S/c1-26(2)31-20-11-12-21-32(31)38(43(4,41)42)25-34(39)37(24-29-17-13-14-27(3)22-29)33(23-28-15-7-5-8-16-28)35(40)36-30-18-9-6-10-19-30/h5,7-8,11-17,20-22,26,30,33H,6,9-10,18-19,23-25H2,1-4H3,(H,36,40)/t33-/m0/s1. The van der Waals surface area contributed by atoms with E-state index in [1.807, 2.05) is 87.5 Å². The van der Waals surface area contributed by atoms with Gasteiger partial charge in [0.1, 0.15) is 12.6 Å². The summed E-state index contributed by atoms with van der Waals surface area (Å²) < 4.78 is 27.6. The molecule has 0 spiro atoms. The Balaban J connectivity index is 1.75. The van der Waals surface area contributed by atoms with Crippen molar-refractivity contribution in [2.75, 3.05) is 17.1 Å². The number of anilines is 1. The van der Waals surface area contributed by atoms with E-state index in [1.165, 1.54) is 4.31 Å². The van der Waals surface area contributed by atoms with Crippen LogP contribution < -0.4 is 9.62 Å². The van der Waals surface area contributed by atoms with E-state index in [1.54, 1.807) is 17.0 Å². The van der Waals surface area contributed by atoms with E-state index in [9.17, 15) is 18.0 Å². The van der Waals surface area contributed by atoms with Gasteiger partial charge in [-0.1, -0.05) is 111 Å². The number of aryl methyl sites for hydroxylation is 1. The Labute approximate surface area is 257 Å². The van der Waals surface area contributed by atoms with Gasteiger partial charge in [-0.25, -0.2) is 8.42 Å². The van der Waals surface area contributed by atoms with Crippen molar-refractivity contribution in [3.8, 4) is 0 Å². The van der Waals surface area contributed by atoms with E-state index >= 15 is 0 Å². The zero-order chi connectivity index (χ0) is 31.0. The first-order valence-electron chi connectivity index (χ1n) is 15.3. The average Bonchev–Trinajstić information content (AvgIpc) is 2.98. The third-order valence-electron chi connectivity index (χ3n) is 8.16. The van der Waals surface area contributed by atoms with Crippen LogP contribution in [0.5, 0.6) is 0 Å². The molecule has 7 nitrogen and oxygen atoms in total. The zero-order valence-corrected chi connectivity index (χ0v) is 26.6. The van der Waals surface area contributed by atoms with Gasteiger partial charge in [-0.15, -0.1) is 0 Å². The van der Waals surface area contributed by atoms with Gasteiger partial charge in [0.15, 0.2) is 0 Å². The molecule has 1 N–H and O–H groups in total. The third kappa shape index (κ3) is 8.92. The van der Waals surface area contributed by atoms with Crippen LogP contribution >= 0.6 is 0 Å². The number of nitrogens with zero attached hydrogens (tertiary/aromatic N) is 2. The molecule has 0 unspecified atom stereocenters. The number of amides is 2. The summed E-state index contributed by atoms with van der Waals surface area (Å²) in [6.07, 6.45) is 6.58. The van der Waals surface area contributed by atoms with Gasteiger partial charge in [0, 0.05) is 19.0 Å². The first kappa shape index (κ1) is 32.3. The van der Waals surface area contributed by atoms with Crippen LogP contribution in [-0.4, -0.2) is 50.0 Å². The van der Waals surface area contributed by atoms with Gasteiger partial charge in [-0.05, 0) is 48.4 Å². The Morgan fingerprint density at radius 3 is 2.19 bits per heavy atom. The molecule has 3 aromatic carbocycles. The number of sulfonamides is 1. The first-order chi connectivity index (χ1) is 20.5. The molecule has 0 radical (unpaired) electrons. The van der Waals surface area contributed by atoms with E-state index in [0.29, 0.717) is 12.1 Å². The second-order valence-corrected chi connectivity index (χ2v) is 13.9. The Bertz CT molecular complexity index is 1480. The topological polar surface area (TPSA) is 86.8 Å². The lowest BCUT2D eigenvalue weighted by atomic mass is 9.94. The van der Waals surface area contributed by atoms with Crippen molar-refractivity contribution >= 4 is 27.5 Å². The number of para-hydroxylation sites is 1. The fraction of sp³-hybridized carbons (Fsp3) is 0.429. The van der Waals surface area contributed by atoms with Crippen molar-refractivity contribution < 1.29 is 18.0 Å². The highest BCUT2D eigenvalue weighted by molar-refractivity contribution is 7.92. The van der Waals surface area contributed by atoms with Gasteiger partial charge in [0.2, 0.25) is 21.8 Å². The Kier molecular flexibility index (Phi) is 11.0. The molecule has 1 fully saturated rings. The number of hydrogen-bond donors (Lipinski definition) is 1. The largest absolute Gasteiger partial charge is 0.352 e. The van der Waals surface area contributed by atoms with Gasteiger partial charge < -0.3 is 10.2 Å². The van der Waals surface area contributed by atoms with Crippen LogP contribution in [0, 0.1) is 6.92 Å². The molecule has 0 aliphatic heterocycles. The summed E-state index contributed by atoms with van der Waals surface area (Å²) in [6, 6.07) is 24.1. The minimum absolute atomic E-state index is 0.0473. The molecule has 1 aliphatic carbocycles. The molecule has 1 atom stereocenters. The number of hydrogen-bond acceptors (Lipinski definition) is 4. The lowest BCUT2D eigenvalue weighted by Gasteiger charge is -2.35. The summed E-state index contributed by atoms with van der Waals surface area (Å²) >= 11 is 0. The number of nitrogens with one attached hydrogen (secondary N) is 1. The van der Waals surface area contributed by atoms with Crippen molar-refractivity contribution in [2.45, 2.75) is 83.8 Å². The molecule has 8 heteroatoms. The van der Waals surface area contributed by atoms with Crippen LogP contribution in [0.4, 0.5) is 5.69 Å². The maximum Gasteiger partial charge on any atom is 0.244 e. The quantitative estimate of drug-likeness (QED) is 0.276. The smallest absolute Gasteiger partial charge is 0.244 e. The van der Waals surface area contributed by atoms with E-state index in [4.69, 9.17) is 0 Å². The number of carbonyl (C=O) groups is 2. The van der Waals surface area contributed by atoms with Gasteiger partial charge in [0.25, 0.3) is 0 Å². The lowest BCUT2D eigenvalue weighted by Crippen LogP contribution is -2.55. The lowest BCUT2D eigenvalue weighted by molar-refractivity contribution is -0.140. The van der Waals surface area contributed by atoms with E-state index < -0.39 is 28.5 Å². The van der Waals surface area contributed by atoms with Crippen molar-refractivity contribution in [2.24, 2.45) is 0 Å². The fourth-order valence-electron chi connectivity index (χ4n) is 5.90. The predicted molar refractivity (Wildman–Crippen MR) is 173 cm³/mol. The number of rotatable bonds is 12.